The van der Waals surface area contributed by atoms with Gasteiger partial charge in [-0.15, -0.1) is 0 Å². The van der Waals surface area contributed by atoms with Gasteiger partial charge in [-0.05, 0) is 43.4 Å². The minimum absolute atomic E-state index is 0.121. The van der Waals surface area contributed by atoms with Crippen LogP contribution in [-0.4, -0.2) is 72.6 Å². The highest BCUT2D eigenvalue weighted by atomic mass is 19.1. The molecule has 1 fully saturated rings. The van der Waals surface area contributed by atoms with E-state index in [2.05, 4.69) is 16.8 Å². The number of hydrogen-bond acceptors (Lipinski definition) is 7. The van der Waals surface area contributed by atoms with E-state index in [1.807, 2.05) is 12.1 Å². The first-order chi connectivity index (χ1) is 17.0. The van der Waals surface area contributed by atoms with E-state index >= 15 is 0 Å². The lowest BCUT2D eigenvalue weighted by atomic mass is 10.0. The van der Waals surface area contributed by atoms with Crippen LogP contribution in [0.2, 0.25) is 0 Å². The fraction of sp³-hybridized carbons (Fsp3) is 0.346. The summed E-state index contributed by atoms with van der Waals surface area (Å²) >= 11 is 0. The average molecular weight is 478 g/mol. The normalized spacial score (nSPS) is 16.1. The first-order valence-electron chi connectivity index (χ1n) is 11.7. The van der Waals surface area contributed by atoms with Gasteiger partial charge in [-0.3, -0.25) is 4.79 Å². The third-order valence-electron chi connectivity index (χ3n) is 6.45. The Balaban J connectivity index is 1.48. The van der Waals surface area contributed by atoms with Crippen molar-refractivity contribution >= 4 is 11.9 Å². The maximum absolute atomic E-state index is 13.5. The van der Waals surface area contributed by atoms with Gasteiger partial charge in [-0.25, -0.2) is 9.37 Å². The number of para-hydroxylation sites is 1. The molecule has 2 aliphatic heterocycles. The molecule has 2 aliphatic rings. The van der Waals surface area contributed by atoms with Crippen LogP contribution in [0.3, 0.4) is 0 Å². The Morgan fingerprint density at radius 3 is 2.46 bits per heavy atom. The molecular formula is C26H28FN5O3. The molecule has 8 nitrogen and oxygen atoms in total. The molecule has 3 heterocycles. The number of rotatable bonds is 5. The molecule has 1 saturated heterocycles. The highest BCUT2D eigenvalue weighted by Crippen LogP contribution is 2.33. The zero-order valence-corrected chi connectivity index (χ0v) is 19.9. The number of likely N-dealkylation sites (N-methyl/N-ethyl adjacent to an activating group) is 1. The lowest BCUT2D eigenvalue weighted by Crippen LogP contribution is -2.45. The van der Waals surface area contributed by atoms with E-state index in [9.17, 15) is 9.18 Å². The second-order valence-corrected chi connectivity index (χ2v) is 8.78. The molecule has 0 saturated carbocycles. The van der Waals surface area contributed by atoms with Gasteiger partial charge in [0.1, 0.15) is 17.3 Å². The van der Waals surface area contributed by atoms with Crippen molar-refractivity contribution in [3.05, 3.63) is 71.2 Å². The van der Waals surface area contributed by atoms with Gasteiger partial charge in [-0.1, -0.05) is 12.1 Å². The second kappa shape index (κ2) is 9.87. The molecule has 0 N–H and O–H groups in total. The largest absolute Gasteiger partial charge is 0.496 e. The topological polar surface area (TPSA) is 71.0 Å². The Morgan fingerprint density at radius 1 is 0.971 bits per heavy atom. The van der Waals surface area contributed by atoms with Crippen LogP contribution in [0.25, 0.3) is 0 Å². The number of aromatic nitrogens is 2. The van der Waals surface area contributed by atoms with Crippen molar-refractivity contribution in [3.63, 3.8) is 0 Å². The number of piperazine rings is 1. The van der Waals surface area contributed by atoms with Crippen molar-refractivity contribution < 1.29 is 18.7 Å². The third-order valence-corrected chi connectivity index (χ3v) is 6.45. The summed E-state index contributed by atoms with van der Waals surface area (Å²) in [6.07, 6.45) is 0.583. The van der Waals surface area contributed by atoms with E-state index in [0.717, 1.165) is 37.4 Å². The van der Waals surface area contributed by atoms with E-state index in [0.29, 0.717) is 48.4 Å². The minimum Gasteiger partial charge on any atom is -0.496 e. The fourth-order valence-electron chi connectivity index (χ4n) is 4.38. The van der Waals surface area contributed by atoms with E-state index in [-0.39, 0.29) is 11.7 Å². The number of amides is 1. The molecule has 182 valence electrons. The van der Waals surface area contributed by atoms with Gasteiger partial charge in [0.2, 0.25) is 11.8 Å². The summed E-state index contributed by atoms with van der Waals surface area (Å²) in [5.74, 6) is 1.57. The number of carbonyl (C=O) groups is 1. The van der Waals surface area contributed by atoms with Crippen LogP contribution < -0.4 is 14.4 Å². The number of carbonyl (C=O) groups excluding carboxylic acids is 1. The maximum Gasteiger partial charge on any atom is 0.257 e. The summed E-state index contributed by atoms with van der Waals surface area (Å²) < 4.78 is 25.0. The zero-order chi connectivity index (χ0) is 24.4. The first kappa shape index (κ1) is 23.0. The standard InChI is InChI=1S/C26H28FN5O3/c1-30-13-15-31(16-14-30)26-28-22-11-12-32(25(33)20-5-3-4-6-23(20)34-2)17-21(22)24(29-26)35-19-9-7-18(27)8-10-19/h3-10H,11-17H2,1-2H3. The van der Waals surface area contributed by atoms with Crippen LogP contribution in [0.15, 0.2) is 48.5 Å². The number of anilines is 1. The molecule has 0 radical (unpaired) electrons. The fourth-order valence-corrected chi connectivity index (χ4v) is 4.38. The highest BCUT2D eigenvalue weighted by Gasteiger charge is 2.30. The molecule has 1 aromatic heterocycles. The van der Waals surface area contributed by atoms with Crippen LogP contribution in [0.1, 0.15) is 21.6 Å². The minimum atomic E-state index is -0.339. The predicted molar refractivity (Wildman–Crippen MR) is 130 cm³/mol. The number of methoxy groups -OCH3 is 1. The number of halogens is 1. The van der Waals surface area contributed by atoms with Gasteiger partial charge in [0.05, 0.1) is 30.5 Å². The average Bonchev–Trinajstić information content (AvgIpc) is 2.89. The van der Waals surface area contributed by atoms with E-state index < -0.39 is 0 Å². The van der Waals surface area contributed by atoms with E-state index in [1.165, 1.54) is 12.1 Å². The molecule has 0 bridgehead atoms. The van der Waals surface area contributed by atoms with Crippen LogP contribution in [0.4, 0.5) is 10.3 Å². The van der Waals surface area contributed by atoms with Crippen molar-refractivity contribution in [2.24, 2.45) is 0 Å². The first-order valence-corrected chi connectivity index (χ1v) is 11.7. The number of hydrogen-bond donors (Lipinski definition) is 0. The van der Waals surface area contributed by atoms with Crippen LogP contribution in [-0.2, 0) is 13.0 Å². The summed E-state index contributed by atoms with van der Waals surface area (Å²) in [6, 6.07) is 13.0. The van der Waals surface area contributed by atoms with Gasteiger partial charge >= 0.3 is 0 Å². The van der Waals surface area contributed by atoms with Crippen LogP contribution in [0.5, 0.6) is 17.4 Å². The molecule has 3 aromatic rings. The summed E-state index contributed by atoms with van der Waals surface area (Å²) in [7, 11) is 3.65. The molecule has 0 spiro atoms. The van der Waals surface area contributed by atoms with Gasteiger partial charge in [0.15, 0.2) is 0 Å². The van der Waals surface area contributed by atoms with Gasteiger partial charge in [-0.2, -0.15) is 4.98 Å². The summed E-state index contributed by atoms with van der Waals surface area (Å²) in [4.78, 5) is 29.2. The SMILES string of the molecule is COc1ccccc1C(=O)N1CCc2nc(N3CCN(C)CC3)nc(Oc3ccc(F)cc3)c2C1. The molecule has 0 unspecified atom stereocenters. The molecular weight excluding hydrogens is 449 g/mol. The molecule has 35 heavy (non-hydrogen) atoms. The smallest absolute Gasteiger partial charge is 0.257 e. The Hall–Kier alpha value is -3.72. The van der Waals surface area contributed by atoms with Crippen molar-refractivity contribution in [1.82, 2.24) is 19.8 Å². The Morgan fingerprint density at radius 2 is 1.71 bits per heavy atom. The van der Waals surface area contributed by atoms with Crippen molar-refractivity contribution in [2.75, 3.05) is 51.8 Å². The molecule has 0 aliphatic carbocycles. The summed E-state index contributed by atoms with van der Waals surface area (Å²) in [5, 5.41) is 0. The monoisotopic (exact) mass is 477 g/mol. The van der Waals surface area contributed by atoms with Crippen molar-refractivity contribution in [1.29, 1.82) is 0 Å². The molecule has 2 aromatic carbocycles. The van der Waals surface area contributed by atoms with Gasteiger partial charge < -0.3 is 24.2 Å². The molecule has 5 rings (SSSR count). The quantitative estimate of drug-likeness (QED) is 0.558. The Bertz CT molecular complexity index is 1210. The highest BCUT2D eigenvalue weighted by molar-refractivity contribution is 5.97. The third kappa shape index (κ3) is 4.90. The molecule has 1 amide bonds. The summed E-state index contributed by atoms with van der Waals surface area (Å²) in [5.41, 5.74) is 2.14. The lowest BCUT2D eigenvalue weighted by Gasteiger charge is -2.34. The number of benzene rings is 2. The maximum atomic E-state index is 13.5. The predicted octanol–water partition coefficient (Wildman–Crippen LogP) is 3.37. The molecule has 9 heteroatoms. The Kier molecular flexibility index (Phi) is 6.50. The van der Waals surface area contributed by atoms with Crippen LogP contribution in [0, 0.1) is 5.82 Å². The van der Waals surface area contributed by atoms with Gasteiger partial charge in [0.25, 0.3) is 5.91 Å². The van der Waals surface area contributed by atoms with Gasteiger partial charge in [0, 0.05) is 39.1 Å². The van der Waals surface area contributed by atoms with E-state index in [4.69, 9.17) is 19.4 Å². The van der Waals surface area contributed by atoms with Crippen molar-refractivity contribution in [2.45, 2.75) is 13.0 Å². The lowest BCUT2D eigenvalue weighted by molar-refractivity contribution is 0.0728. The number of ether oxygens (including phenoxy) is 2. The Labute approximate surface area is 203 Å². The summed E-state index contributed by atoms with van der Waals surface area (Å²) in [6.45, 7) is 4.34. The van der Waals surface area contributed by atoms with Crippen LogP contribution >= 0.6 is 0 Å². The van der Waals surface area contributed by atoms with Crippen molar-refractivity contribution in [3.8, 4) is 17.4 Å². The molecule has 0 atom stereocenters. The zero-order valence-electron chi connectivity index (χ0n) is 19.9. The number of nitrogens with zero attached hydrogens (tertiary/aromatic N) is 5. The second-order valence-electron chi connectivity index (χ2n) is 8.78. The van der Waals surface area contributed by atoms with E-state index in [1.54, 1.807) is 36.3 Å². The number of fused-ring (bicyclic) bond motifs is 1.